The Bertz CT molecular complexity index is 479. The molecule has 0 aliphatic heterocycles. The van der Waals surface area contributed by atoms with Gasteiger partial charge in [0.2, 0.25) is 0 Å². The predicted molar refractivity (Wildman–Crippen MR) is 88.9 cm³/mol. The van der Waals surface area contributed by atoms with Crippen LogP contribution in [0.4, 0.5) is 0 Å². The number of carbonyl (C=O) groups is 2. The molecular weight excluding hydrogens is 308 g/mol. The maximum Gasteiger partial charge on any atom is 0.305 e. The first-order valence-corrected chi connectivity index (χ1v) is 9.22. The number of carbonyl (C=O) groups excluding carboxylic acids is 1. The number of hydrogen-bond acceptors (Lipinski definition) is 5. The van der Waals surface area contributed by atoms with Gasteiger partial charge in [0.15, 0.2) is 5.78 Å². The summed E-state index contributed by atoms with van der Waals surface area (Å²) in [6.07, 6.45) is 4.69. The van der Waals surface area contributed by atoms with Crippen molar-refractivity contribution in [1.82, 2.24) is 0 Å². The molecule has 4 aliphatic rings. The standard InChI is InChI=1S/C18H30N2O4/c1-8(21)17(20)16(18(24)13(19)7-14(22)23)15-11-3-9-2-10(5-11)6-12(15)4-9/h8-13,15-17,21H,2-7,19-20H2,1H3,(H,22,23). The van der Waals surface area contributed by atoms with Crippen LogP contribution in [0.5, 0.6) is 0 Å². The highest BCUT2D eigenvalue weighted by molar-refractivity contribution is 5.90. The van der Waals surface area contributed by atoms with Gasteiger partial charge in [-0.25, -0.2) is 0 Å². The highest BCUT2D eigenvalue weighted by Crippen LogP contribution is 2.58. The van der Waals surface area contributed by atoms with E-state index in [-0.39, 0.29) is 18.1 Å². The van der Waals surface area contributed by atoms with E-state index in [1.165, 1.54) is 6.42 Å². The predicted octanol–water partition coefficient (Wildman–Crippen LogP) is 0.754. The third-order valence-corrected chi connectivity index (χ3v) is 6.77. The van der Waals surface area contributed by atoms with E-state index in [1.807, 2.05) is 0 Å². The lowest BCUT2D eigenvalue weighted by Crippen LogP contribution is -2.58. The van der Waals surface area contributed by atoms with Crippen molar-refractivity contribution in [2.45, 2.75) is 63.6 Å². The van der Waals surface area contributed by atoms with Crippen molar-refractivity contribution in [3.05, 3.63) is 0 Å². The van der Waals surface area contributed by atoms with Gasteiger partial charge >= 0.3 is 5.97 Å². The maximum absolute atomic E-state index is 13.0. The van der Waals surface area contributed by atoms with E-state index in [4.69, 9.17) is 16.6 Å². The summed E-state index contributed by atoms with van der Waals surface area (Å²) in [6.45, 7) is 1.60. The molecule has 24 heavy (non-hydrogen) atoms. The first-order valence-electron chi connectivity index (χ1n) is 9.22. The average Bonchev–Trinajstić information content (AvgIpc) is 2.48. The lowest BCUT2D eigenvalue weighted by atomic mass is 9.48. The molecular formula is C18H30N2O4. The fourth-order valence-corrected chi connectivity index (χ4v) is 6.03. The molecule has 0 aromatic carbocycles. The summed E-state index contributed by atoms with van der Waals surface area (Å²) in [5.41, 5.74) is 12.1. The minimum atomic E-state index is -1.08. The monoisotopic (exact) mass is 338 g/mol. The first kappa shape index (κ1) is 17.8. The molecule has 0 aromatic heterocycles. The lowest BCUT2D eigenvalue weighted by molar-refractivity contribution is -0.143. The molecule has 4 bridgehead atoms. The molecule has 136 valence electrons. The number of Topliss-reactive ketones (excluding diaryl/α,β-unsaturated/α-hetero) is 1. The Balaban J connectivity index is 1.85. The van der Waals surface area contributed by atoms with Gasteiger partial charge in [0, 0.05) is 12.0 Å². The number of carboxylic acid groups (broad SMARTS) is 1. The summed E-state index contributed by atoms with van der Waals surface area (Å²) in [5, 5.41) is 19.0. The van der Waals surface area contributed by atoms with Gasteiger partial charge in [-0.1, -0.05) is 0 Å². The Labute approximate surface area is 143 Å². The summed E-state index contributed by atoms with van der Waals surface area (Å²) < 4.78 is 0. The van der Waals surface area contributed by atoms with Crippen LogP contribution in [-0.2, 0) is 9.59 Å². The highest BCUT2D eigenvalue weighted by Gasteiger charge is 2.53. The number of nitrogens with two attached hydrogens (primary N) is 2. The van der Waals surface area contributed by atoms with Gasteiger partial charge in [0.1, 0.15) is 0 Å². The Kier molecular flexibility index (Phi) is 5.00. The summed E-state index contributed by atoms with van der Waals surface area (Å²) in [5.74, 6) is 0.747. The van der Waals surface area contributed by atoms with E-state index in [9.17, 15) is 14.7 Å². The SMILES string of the molecule is CC(O)C(N)C(C(=O)C(N)CC(=O)O)C1C2CC3CC(C2)CC1C3. The average molecular weight is 338 g/mol. The molecule has 4 atom stereocenters. The zero-order valence-corrected chi connectivity index (χ0v) is 14.3. The van der Waals surface area contributed by atoms with E-state index >= 15 is 0 Å². The van der Waals surface area contributed by atoms with Crippen LogP contribution in [0.1, 0.15) is 45.4 Å². The van der Waals surface area contributed by atoms with Crippen molar-refractivity contribution in [2.75, 3.05) is 0 Å². The Morgan fingerprint density at radius 2 is 1.54 bits per heavy atom. The number of rotatable bonds is 7. The summed E-state index contributed by atoms with van der Waals surface area (Å²) in [6, 6.07) is -1.73. The molecule has 4 unspecified atom stereocenters. The van der Waals surface area contributed by atoms with Crippen molar-refractivity contribution in [1.29, 1.82) is 0 Å². The minimum absolute atomic E-state index is 0.148. The molecule has 0 saturated heterocycles. The number of aliphatic carboxylic acids is 1. The van der Waals surface area contributed by atoms with Crippen LogP contribution in [0.25, 0.3) is 0 Å². The van der Waals surface area contributed by atoms with E-state index < -0.39 is 30.1 Å². The first-order chi connectivity index (χ1) is 11.3. The quantitative estimate of drug-likeness (QED) is 0.543. The number of aliphatic hydroxyl groups excluding tert-OH is 1. The van der Waals surface area contributed by atoms with Gasteiger partial charge in [0.05, 0.1) is 18.6 Å². The zero-order valence-electron chi connectivity index (χ0n) is 14.3. The molecule has 4 fully saturated rings. The summed E-state index contributed by atoms with van der Waals surface area (Å²) >= 11 is 0. The van der Waals surface area contributed by atoms with Crippen LogP contribution in [0, 0.1) is 35.5 Å². The van der Waals surface area contributed by atoms with E-state index in [2.05, 4.69) is 0 Å². The van der Waals surface area contributed by atoms with Crippen LogP contribution in [0.15, 0.2) is 0 Å². The largest absolute Gasteiger partial charge is 0.481 e. The van der Waals surface area contributed by atoms with Crippen molar-refractivity contribution in [2.24, 2.45) is 47.0 Å². The molecule has 0 aromatic rings. The molecule has 6 nitrogen and oxygen atoms in total. The molecule has 0 amide bonds. The van der Waals surface area contributed by atoms with Crippen molar-refractivity contribution < 1.29 is 19.8 Å². The van der Waals surface area contributed by atoms with Crippen molar-refractivity contribution in [3.8, 4) is 0 Å². The smallest absolute Gasteiger partial charge is 0.305 e. The van der Waals surface area contributed by atoms with E-state index in [0.29, 0.717) is 11.8 Å². The normalized spacial score (nSPS) is 39.2. The molecule has 0 spiro atoms. The van der Waals surface area contributed by atoms with Crippen LogP contribution >= 0.6 is 0 Å². The van der Waals surface area contributed by atoms with Gasteiger partial charge in [-0.3, -0.25) is 9.59 Å². The Morgan fingerprint density at radius 1 is 1.04 bits per heavy atom. The van der Waals surface area contributed by atoms with E-state index in [1.54, 1.807) is 6.92 Å². The number of hydrogen-bond donors (Lipinski definition) is 4. The van der Waals surface area contributed by atoms with Crippen LogP contribution < -0.4 is 11.5 Å². The van der Waals surface area contributed by atoms with Gasteiger partial charge in [-0.15, -0.1) is 0 Å². The van der Waals surface area contributed by atoms with Crippen molar-refractivity contribution in [3.63, 3.8) is 0 Å². The Hall–Kier alpha value is -0.980. The van der Waals surface area contributed by atoms with Gasteiger partial charge < -0.3 is 21.7 Å². The molecule has 0 heterocycles. The van der Waals surface area contributed by atoms with Gasteiger partial charge in [-0.2, -0.15) is 0 Å². The number of ketones is 1. The minimum Gasteiger partial charge on any atom is -0.481 e. The third kappa shape index (κ3) is 3.24. The molecule has 4 aliphatic carbocycles. The van der Waals surface area contributed by atoms with Gasteiger partial charge in [-0.05, 0) is 68.6 Å². The Morgan fingerprint density at radius 3 is 1.96 bits per heavy atom. The molecule has 6 heteroatoms. The third-order valence-electron chi connectivity index (χ3n) is 6.77. The fourth-order valence-electron chi connectivity index (χ4n) is 6.03. The van der Waals surface area contributed by atoms with Crippen molar-refractivity contribution >= 4 is 11.8 Å². The molecule has 4 rings (SSSR count). The molecule has 6 N–H and O–H groups in total. The van der Waals surface area contributed by atoms with Crippen LogP contribution in [0.3, 0.4) is 0 Å². The van der Waals surface area contributed by atoms with Gasteiger partial charge in [0.25, 0.3) is 0 Å². The summed E-state index contributed by atoms with van der Waals surface area (Å²) in [7, 11) is 0. The second-order valence-electron chi connectivity index (χ2n) is 8.46. The lowest BCUT2D eigenvalue weighted by Gasteiger charge is -2.57. The number of aliphatic hydroxyl groups is 1. The number of carboxylic acids is 1. The fraction of sp³-hybridized carbons (Fsp3) is 0.889. The second-order valence-corrected chi connectivity index (χ2v) is 8.46. The van der Waals surface area contributed by atoms with Crippen LogP contribution in [-0.4, -0.2) is 40.2 Å². The van der Waals surface area contributed by atoms with E-state index in [0.717, 1.165) is 37.5 Å². The highest BCUT2D eigenvalue weighted by atomic mass is 16.4. The zero-order chi connectivity index (χ0) is 17.6. The molecule has 0 radical (unpaired) electrons. The topological polar surface area (TPSA) is 127 Å². The second kappa shape index (κ2) is 6.73. The maximum atomic E-state index is 13.0. The summed E-state index contributed by atoms with van der Waals surface area (Å²) in [4.78, 5) is 23.9. The molecule has 4 saturated carbocycles. The van der Waals surface area contributed by atoms with Crippen LogP contribution in [0.2, 0.25) is 0 Å².